The number of likely N-dealkylation sites (N-methyl/N-ethyl adjacent to an activating group) is 1. The standard InChI is InChI=1S/C18H26N2O4/c1-3-19(4-2)11-15-12-22-18(21)20(15)9-5-6-14-7-8-16-17(10-14)24-13-23-16/h7-8,10,15H,3-6,9,11-13H2,1-2H3. The van der Waals surface area contributed by atoms with Crippen LogP contribution in [0.15, 0.2) is 18.2 Å². The lowest BCUT2D eigenvalue weighted by atomic mass is 10.1. The fourth-order valence-corrected chi connectivity index (χ4v) is 3.24. The predicted octanol–water partition coefficient (Wildman–Crippen LogP) is 2.51. The van der Waals surface area contributed by atoms with Gasteiger partial charge in [-0.3, -0.25) is 0 Å². The lowest BCUT2D eigenvalue weighted by Gasteiger charge is -2.27. The van der Waals surface area contributed by atoms with E-state index >= 15 is 0 Å². The third-order valence-corrected chi connectivity index (χ3v) is 4.74. The molecule has 0 aliphatic carbocycles. The van der Waals surface area contributed by atoms with Gasteiger partial charge in [-0.05, 0) is 43.6 Å². The van der Waals surface area contributed by atoms with Crippen molar-refractivity contribution in [1.82, 2.24) is 9.80 Å². The Morgan fingerprint density at radius 3 is 2.75 bits per heavy atom. The van der Waals surface area contributed by atoms with Crippen LogP contribution in [0.3, 0.4) is 0 Å². The van der Waals surface area contributed by atoms with Crippen LogP contribution in [0.5, 0.6) is 11.5 Å². The van der Waals surface area contributed by atoms with Crippen molar-refractivity contribution in [1.29, 1.82) is 0 Å². The monoisotopic (exact) mass is 334 g/mol. The maximum absolute atomic E-state index is 12.0. The predicted molar refractivity (Wildman–Crippen MR) is 90.5 cm³/mol. The number of ether oxygens (including phenoxy) is 3. The Labute approximate surface area is 143 Å². The van der Waals surface area contributed by atoms with Gasteiger partial charge in [-0.2, -0.15) is 0 Å². The molecule has 1 amide bonds. The molecule has 0 radical (unpaired) electrons. The van der Waals surface area contributed by atoms with Crippen LogP contribution in [0.25, 0.3) is 0 Å². The largest absolute Gasteiger partial charge is 0.454 e. The zero-order valence-electron chi connectivity index (χ0n) is 14.5. The van der Waals surface area contributed by atoms with Crippen molar-refractivity contribution in [2.45, 2.75) is 32.7 Å². The number of amides is 1. The number of aryl methyl sites for hydroxylation is 1. The van der Waals surface area contributed by atoms with Gasteiger partial charge in [-0.25, -0.2) is 4.79 Å². The Bertz CT molecular complexity index is 574. The molecule has 0 spiro atoms. The van der Waals surface area contributed by atoms with Crippen molar-refractivity contribution in [3.63, 3.8) is 0 Å². The lowest BCUT2D eigenvalue weighted by Crippen LogP contribution is -2.43. The first-order valence-corrected chi connectivity index (χ1v) is 8.75. The molecule has 1 unspecified atom stereocenters. The minimum Gasteiger partial charge on any atom is -0.454 e. The quantitative estimate of drug-likeness (QED) is 0.731. The first-order chi connectivity index (χ1) is 11.7. The highest BCUT2D eigenvalue weighted by molar-refractivity contribution is 5.70. The average Bonchev–Trinajstić information content (AvgIpc) is 3.20. The van der Waals surface area contributed by atoms with Gasteiger partial charge in [0.1, 0.15) is 6.61 Å². The van der Waals surface area contributed by atoms with E-state index < -0.39 is 0 Å². The van der Waals surface area contributed by atoms with Crippen LogP contribution < -0.4 is 9.47 Å². The Kier molecular flexibility index (Phi) is 5.45. The second kappa shape index (κ2) is 7.75. The Morgan fingerprint density at radius 2 is 1.96 bits per heavy atom. The normalized spacial score (nSPS) is 19.2. The smallest absolute Gasteiger partial charge is 0.410 e. The van der Waals surface area contributed by atoms with Crippen molar-refractivity contribution in [2.75, 3.05) is 39.6 Å². The highest BCUT2D eigenvalue weighted by Gasteiger charge is 2.33. The molecule has 1 aromatic rings. The summed E-state index contributed by atoms with van der Waals surface area (Å²) < 4.78 is 16.0. The third-order valence-electron chi connectivity index (χ3n) is 4.74. The van der Waals surface area contributed by atoms with Crippen LogP contribution in [0.4, 0.5) is 4.79 Å². The number of hydrogen-bond donors (Lipinski definition) is 0. The van der Waals surface area contributed by atoms with Gasteiger partial charge < -0.3 is 24.0 Å². The minimum absolute atomic E-state index is 0.161. The molecule has 1 fully saturated rings. The second-order valence-corrected chi connectivity index (χ2v) is 6.20. The molecule has 132 valence electrons. The third kappa shape index (κ3) is 3.75. The van der Waals surface area contributed by atoms with Crippen molar-refractivity contribution >= 4 is 6.09 Å². The molecule has 3 rings (SSSR count). The van der Waals surface area contributed by atoms with Crippen molar-refractivity contribution in [2.24, 2.45) is 0 Å². The summed E-state index contributed by atoms with van der Waals surface area (Å²) in [7, 11) is 0. The van der Waals surface area contributed by atoms with Gasteiger partial charge >= 0.3 is 6.09 Å². The summed E-state index contributed by atoms with van der Waals surface area (Å²) in [6.45, 7) is 8.67. The molecule has 1 atom stereocenters. The van der Waals surface area contributed by atoms with Gasteiger partial charge in [0, 0.05) is 13.1 Å². The molecule has 1 saturated heterocycles. The van der Waals surface area contributed by atoms with E-state index in [-0.39, 0.29) is 12.1 Å². The van der Waals surface area contributed by atoms with Gasteiger partial charge in [0.2, 0.25) is 6.79 Å². The van der Waals surface area contributed by atoms with Gasteiger partial charge in [0.15, 0.2) is 11.5 Å². The summed E-state index contributed by atoms with van der Waals surface area (Å²) in [5, 5.41) is 0. The van der Waals surface area contributed by atoms with Crippen LogP contribution in [0.2, 0.25) is 0 Å². The molecule has 1 aromatic carbocycles. The number of carbonyl (C=O) groups excluding carboxylic acids is 1. The zero-order chi connectivity index (χ0) is 16.9. The number of cyclic esters (lactones) is 1. The Hall–Kier alpha value is -1.95. The van der Waals surface area contributed by atoms with Crippen LogP contribution in [-0.2, 0) is 11.2 Å². The van der Waals surface area contributed by atoms with Crippen LogP contribution in [0, 0.1) is 0 Å². The Morgan fingerprint density at radius 1 is 1.17 bits per heavy atom. The molecule has 2 aliphatic heterocycles. The topological polar surface area (TPSA) is 51.2 Å². The van der Waals surface area contributed by atoms with Crippen molar-refractivity contribution in [3.05, 3.63) is 23.8 Å². The highest BCUT2D eigenvalue weighted by atomic mass is 16.7. The van der Waals surface area contributed by atoms with Gasteiger partial charge in [0.25, 0.3) is 0 Å². The van der Waals surface area contributed by atoms with Gasteiger partial charge in [-0.15, -0.1) is 0 Å². The average molecular weight is 334 g/mol. The first kappa shape index (κ1) is 16.9. The summed E-state index contributed by atoms with van der Waals surface area (Å²) in [5.41, 5.74) is 1.20. The van der Waals surface area contributed by atoms with Crippen molar-refractivity contribution in [3.8, 4) is 11.5 Å². The SMILES string of the molecule is CCN(CC)CC1COC(=O)N1CCCc1ccc2c(c1)OCO2. The van der Waals surface area contributed by atoms with E-state index in [1.165, 1.54) is 5.56 Å². The summed E-state index contributed by atoms with van der Waals surface area (Å²) in [4.78, 5) is 16.2. The Balaban J connectivity index is 1.51. The van der Waals surface area contributed by atoms with Crippen LogP contribution >= 0.6 is 0 Å². The molecular formula is C18H26N2O4. The molecular weight excluding hydrogens is 308 g/mol. The first-order valence-electron chi connectivity index (χ1n) is 8.75. The van der Waals surface area contributed by atoms with Gasteiger partial charge in [0.05, 0.1) is 6.04 Å². The van der Waals surface area contributed by atoms with E-state index in [2.05, 4.69) is 24.8 Å². The van der Waals surface area contributed by atoms with E-state index in [0.717, 1.165) is 50.5 Å². The van der Waals surface area contributed by atoms with Crippen LogP contribution in [0.1, 0.15) is 25.8 Å². The molecule has 24 heavy (non-hydrogen) atoms. The molecule has 0 saturated carbocycles. The summed E-state index contributed by atoms with van der Waals surface area (Å²) in [5.74, 6) is 1.62. The van der Waals surface area contributed by atoms with Gasteiger partial charge in [-0.1, -0.05) is 19.9 Å². The summed E-state index contributed by atoms with van der Waals surface area (Å²) in [6.07, 6.45) is 1.62. The molecule has 2 aliphatic rings. The van der Waals surface area contributed by atoms with E-state index in [0.29, 0.717) is 13.4 Å². The summed E-state index contributed by atoms with van der Waals surface area (Å²) >= 11 is 0. The number of carbonyl (C=O) groups is 1. The fourth-order valence-electron chi connectivity index (χ4n) is 3.24. The minimum atomic E-state index is -0.183. The van der Waals surface area contributed by atoms with E-state index in [1.54, 1.807) is 0 Å². The maximum Gasteiger partial charge on any atom is 0.410 e. The number of hydrogen-bond acceptors (Lipinski definition) is 5. The van der Waals surface area contributed by atoms with E-state index in [4.69, 9.17) is 14.2 Å². The lowest BCUT2D eigenvalue weighted by molar-refractivity contribution is 0.155. The van der Waals surface area contributed by atoms with E-state index in [9.17, 15) is 4.79 Å². The van der Waals surface area contributed by atoms with Crippen molar-refractivity contribution < 1.29 is 19.0 Å². The summed E-state index contributed by atoms with van der Waals surface area (Å²) in [6, 6.07) is 6.20. The molecule has 0 N–H and O–H groups in total. The molecule has 6 heteroatoms. The number of benzene rings is 1. The molecule has 0 bridgehead atoms. The maximum atomic E-state index is 12.0. The number of rotatable bonds is 8. The number of nitrogens with zero attached hydrogens (tertiary/aromatic N) is 2. The molecule has 6 nitrogen and oxygen atoms in total. The fraction of sp³-hybridized carbons (Fsp3) is 0.611. The molecule has 2 heterocycles. The highest BCUT2D eigenvalue weighted by Crippen LogP contribution is 2.32. The zero-order valence-corrected chi connectivity index (χ0v) is 14.5. The van der Waals surface area contributed by atoms with Crippen LogP contribution in [-0.4, -0.2) is 61.5 Å². The van der Waals surface area contributed by atoms with E-state index in [1.807, 2.05) is 17.0 Å². The number of fused-ring (bicyclic) bond motifs is 1. The second-order valence-electron chi connectivity index (χ2n) is 6.20. The molecule has 0 aromatic heterocycles.